The van der Waals surface area contributed by atoms with Crippen molar-refractivity contribution in [3.63, 3.8) is 0 Å². The van der Waals surface area contributed by atoms with Gasteiger partial charge in [-0.1, -0.05) is 18.2 Å². The fraction of sp³-hybridized carbons (Fsp3) is 0.333. The molecule has 27 heavy (non-hydrogen) atoms. The van der Waals surface area contributed by atoms with Crippen LogP contribution in [0.1, 0.15) is 19.3 Å². The highest BCUT2D eigenvalue weighted by Gasteiger charge is 2.20. The molecular formula is C21H23N2O4-. The van der Waals surface area contributed by atoms with E-state index in [9.17, 15) is 14.7 Å². The van der Waals surface area contributed by atoms with Gasteiger partial charge in [0.1, 0.15) is 11.5 Å². The van der Waals surface area contributed by atoms with E-state index in [1.165, 1.54) is 0 Å². The number of rotatable bonds is 7. The van der Waals surface area contributed by atoms with E-state index >= 15 is 0 Å². The van der Waals surface area contributed by atoms with Crippen LogP contribution in [0.5, 0.6) is 11.5 Å². The van der Waals surface area contributed by atoms with Gasteiger partial charge >= 0.3 is 0 Å². The highest BCUT2D eigenvalue weighted by Crippen LogP contribution is 2.25. The minimum Gasteiger partial charge on any atom is -0.550 e. The summed E-state index contributed by atoms with van der Waals surface area (Å²) < 4.78 is 5.81. The van der Waals surface area contributed by atoms with Gasteiger partial charge in [0.15, 0.2) is 0 Å². The summed E-state index contributed by atoms with van der Waals surface area (Å²) in [6, 6.07) is 17.6. The molecule has 0 atom stereocenters. The van der Waals surface area contributed by atoms with E-state index < -0.39 is 5.97 Å². The van der Waals surface area contributed by atoms with Crippen molar-refractivity contribution < 1.29 is 19.4 Å². The van der Waals surface area contributed by atoms with Gasteiger partial charge in [0.05, 0.1) is 0 Å². The first kappa shape index (κ1) is 18.8. The van der Waals surface area contributed by atoms with Crippen LogP contribution in [0.4, 0.5) is 5.69 Å². The van der Waals surface area contributed by atoms with Crippen molar-refractivity contribution in [1.82, 2.24) is 4.90 Å². The lowest BCUT2D eigenvalue weighted by molar-refractivity contribution is -0.305. The fourth-order valence-corrected chi connectivity index (χ4v) is 3.11. The zero-order chi connectivity index (χ0) is 19.1. The Bertz CT molecular complexity index is 754. The molecule has 0 unspecified atom stereocenters. The van der Waals surface area contributed by atoms with Crippen LogP contribution in [-0.4, -0.2) is 43.0 Å². The van der Waals surface area contributed by atoms with Gasteiger partial charge < -0.3 is 24.4 Å². The van der Waals surface area contributed by atoms with Gasteiger partial charge in [0, 0.05) is 44.3 Å². The summed E-state index contributed by atoms with van der Waals surface area (Å²) in [5, 5.41) is 10.4. The van der Waals surface area contributed by atoms with Gasteiger partial charge in [-0.25, -0.2) is 0 Å². The van der Waals surface area contributed by atoms with Gasteiger partial charge in [-0.2, -0.15) is 0 Å². The van der Waals surface area contributed by atoms with Crippen LogP contribution >= 0.6 is 0 Å². The van der Waals surface area contributed by atoms with Crippen LogP contribution in [0.15, 0.2) is 54.6 Å². The second kappa shape index (κ2) is 9.07. The number of hydrogen-bond acceptors (Lipinski definition) is 5. The Morgan fingerprint density at radius 1 is 0.852 bits per heavy atom. The number of benzene rings is 2. The molecule has 1 aliphatic rings. The molecule has 0 bridgehead atoms. The number of anilines is 1. The standard InChI is InChI=1S/C21H24N2O4/c24-20(7-4-8-21(25)26)23-15-13-22(14-16-23)17-9-11-19(12-10-17)27-18-5-2-1-3-6-18/h1-3,5-6,9-12H,4,7-8,13-16H2,(H,25,26)/p-1. The molecule has 1 saturated heterocycles. The third-order valence-corrected chi connectivity index (χ3v) is 4.58. The Balaban J connectivity index is 1.48. The van der Waals surface area contributed by atoms with Crippen molar-refractivity contribution in [3.05, 3.63) is 54.6 Å². The Kier molecular flexibility index (Phi) is 6.30. The minimum atomic E-state index is -1.10. The normalized spacial score (nSPS) is 14.1. The van der Waals surface area contributed by atoms with Crippen LogP contribution in [0, 0.1) is 0 Å². The molecular weight excluding hydrogens is 344 g/mol. The predicted molar refractivity (Wildman–Crippen MR) is 101 cm³/mol. The first-order valence-corrected chi connectivity index (χ1v) is 9.17. The van der Waals surface area contributed by atoms with Gasteiger partial charge in [0.25, 0.3) is 0 Å². The molecule has 1 fully saturated rings. The number of nitrogens with zero attached hydrogens (tertiary/aromatic N) is 2. The monoisotopic (exact) mass is 367 g/mol. The summed E-state index contributed by atoms with van der Waals surface area (Å²) in [5.41, 5.74) is 1.10. The smallest absolute Gasteiger partial charge is 0.222 e. The van der Waals surface area contributed by atoms with Crippen LogP contribution < -0.4 is 14.7 Å². The topological polar surface area (TPSA) is 72.9 Å². The summed E-state index contributed by atoms with van der Waals surface area (Å²) >= 11 is 0. The highest BCUT2D eigenvalue weighted by atomic mass is 16.5. The lowest BCUT2D eigenvalue weighted by Crippen LogP contribution is -2.48. The van der Waals surface area contributed by atoms with Crippen molar-refractivity contribution in [2.24, 2.45) is 0 Å². The Labute approximate surface area is 159 Å². The number of ether oxygens (including phenoxy) is 1. The molecule has 0 aromatic heterocycles. The zero-order valence-electron chi connectivity index (χ0n) is 15.2. The van der Waals surface area contributed by atoms with E-state index in [1.807, 2.05) is 54.6 Å². The van der Waals surface area contributed by atoms with E-state index in [2.05, 4.69) is 4.90 Å². The molecule has 6 heteroatoms. The predicted octanol–water partition coefficient (Wildman–Crippen LogP) is 2.05. The number of carboxylic acids is 1. The first-order chi connectivity index (χ1) is 13.1. The SMILES string of the molecule is O=C([O-])CCCC(=O)N1CCN(c2ccc(Oc3ccccc3)cc2)CC1. The summed E-state index contributed by atoms with van der Waals surface area (Å²) in [4.78, 5) is 26.6. The second-order valence-corrected chi connectivity index (χ2v) is 6.50. The molecule has 1 aliphatic heterocycles. The average molecular weight is 367 g/mol. The van der Waals surface area contributed by atoms with Crippen molar-refractivity contribution in [2.45, 2.75) is 19.3 Å². The molecule has 1 amide bonds. The number of amides is 1. The zero-order valence-corrected chi connectivity index (χ0v) is 15.2. The van der Waals surface area contributed by atoms with E-state index in [0.717, 1.165) is 30.3 Å². The minimum absolute atomic E-state index is 0.0162. The molecule has 0 spiro atoms. The summed E-state index contributed by atoms with van der Waals surface area (Å²) in [5.74, 6) is 0.498. The summed E-state index contributed by atoms with van der Waals surface area (Å²) in [7, 11) is 0. The van der Waals surface area contributed by atoms with E-state index in [4.69, 9.17) is 4.74 Å². The summed E-state index contributed by atoms with van der Waals surface area (Å²) in [6.07, 6.45) is 0.535. The maximum atomic E-state index is 12.1. The van der Waals surface area contributed by atoms with Gasteiger partial charge in [0.2, 0.25) is 5.91 Å². The summed E-state index contributed by atoms with van der Waals surface area (Å²) in [6.45, 7) is 2.80. The van der Waals surface area contributed by atoms with E-state index in [1.54, 1.807) is 4.90 Å². The number of hydrogen-bond donors (Lipinski definition) is 0. The number of carboxylic acid groups (broad SMARTS) is 1. The maximum absolute atomic E-state index is 12.1. The number of carbonyl (C=O) groups is 2. The van der Waals surface area contributed by atoms with Crippen molar-refractivity contribution in [3.8, 4) is 11.5 Å². The van der Waals surface area contributed by atoms with Gasteiger partial charge in [-0.15, -0.1) is 0 Å². The number of piperazine rings is 1. The number of aliphatic carboxylic acids is 1. The van der Waals surface area contributed by atoms with Crippen LogP contribution in [0.25, 0.3) is 0 Å². The molecule has 142 valence electrons. The fourth-order valence-electron chi connectivity index (χ4n) is 3.11. The van der Waals surface area contributed by atoms with Crippen LogP contribution in [-0.2, 0) is 9.59 Å². The lowest BCUT2D eigenvalue weighted by Gasteiger charge is -2.36. The average Bonchev–Trinajstić information content (AvgIpc) is 2.69. The van der Waals surface area contributed by atoms with Crippen molar-refractivity contribution >= 4 is 17.6 Å². The molecule has 6 nitrogen and oxygen atoms in total. The molecule has 0 saturated carbocycles. The Morgan fingerprint density at radius 3 is 2.11 bits per heavy atom. The third-order valence-electron chi connectivity index (χ3n) is 4.58. The van der Waals surface area contributed by atoms with Crippen LogP contribution in [0.3, 0.4) is 0 Å². The Hall–Kier alpha value is -3.02. The maximum Gasteiger partial charge on any atom is 0.222 e. The van der Waals surface area contributed by atoms with E-state index in [0.29, 0.717) is 19.5 Å². The molecule has 2 aromatic carbocycles. The molecule has 0 aliphatic carbocycles. The first-order valence-electron chi connectivity index (χ1n) is 9.17. The van der Waals surface area contributed by atoms with Gasteiger partial charge in [-0.3, -0.25) is 4.79 Å². The van der Waals surface area contributed by atoms with Crippen molar-refractivity contribution in [1.29, 1.82) is 0 Å². The molecule has 3 rings (SSSR count). The highest BCUT2D eigenvalue weighted by molar-refractivity contribution is 5.77. The lowest BCUT2D eigenvalue weighted by atomic mass is 10.2. The molecule has 0 N–H and O–H groups in total. The second-order valence-electron chi connectivity index (χ2n) is 6.50. The van der Waals surface area contributed by atoms with E-state index in [-0.39, 0.29) is 18.7 Å². The molecule has 2 aromatic rings. The van der Waals surface area contributed by atoms with Gasteiger partial charge in [-0.05, 0) is 49.2 Å². The third kappa shape index (κ3) is 5.48. The largest absolute Gasteiger partial charge is 0.550 e. The molecule has 1 heterocycles. The van der Waals surface area contributed by atoms with Crippen molar-refractivity contribution in [2.75, 3.05) is 31.1 Å². The van der Waals surface area contributed by atoms with Crippen LogP contribution in [0.2, 0.25) is 0 Å². The number of carbonyl (C=O) groups excluding carboxylic acids is 2. The Morgan fingerprint density at radius 2 is 1.48 bits per heavy atom. The quantitative estimate of drug-likeness (QED) is 0.749. The number of para-hydroxylation sites is 1. The molecule has 0 radical (unpaired) electrons.